The lowest BCUT2D eigenvalue weighted by atomic mass is 9.93. The lowest BCUT2D eigenvalue weighted by molar-refractivity contribution is 0.0697. The first kappa shape index (κ1) is 12.0. The molecule has 1 saturated heterocycles. The molecule has 18 heavy (non-hydrogen) atoms. The molecule has 0 unspecified atom stereocenters. The highest BCUT2D eigenvalue weighted by molar-refractivity contribution is 9.10. The molecule has 3 nitrogen and oxygen atoms in total. The molecule has 96 valence electrons. The van der Waals surface area contributed by atoms with Crippen LogP contribution in [-0.4, -0.2) is 24.2 Å². The summed E-state index contributed by atoms with van der Waals surface area (Å²) in [4.78, 5) is 13.3. The fourth-order valence-electron chi connectivity index (χ4n) is 2.79. The van der Waals surface area contributed by atoms with Crippen molar-refractivity contribution in [2.24, 2.45) is 5.41 Å². The first-order chi connectivity index (χ1) is 8.60. The van der Waals surface area contributed by atoms with E-state index in [1.165, 1.54) is 25.7 Å². The molecule has 3 rings (SSSR count). The fraction of sp³-hybridized carbons (Fsp3) is 0.500. The lowest BCUT2D eigenvalue weighted by Gasteiger charge is -2.34. The number of hydrogen-bond donors (Lipinski definition) is 1. The standard InChI is InChI=1S/C14H16BrNO2/c15-11-2-1-10(13(17)18)9-12(11)16-7-5-14(3-4-14)6-8-16/h1-2,9H,3-8H2,(H,17,18). The van der Waals surface area contributed by atoms with Crippen molar-refractivity contribution in [3.05, 3.63) is 28.2 Å². The Labute approximate surface area is 115 Å². The average molecular weight is 310 g/mol. The number of benzene rings is 1. The second kappa shape index (κ2) is 4.26. The molecule has 2 fully saturated rings. The van der Waals surface area contributed by atoms with Crippen LogP contribution in [0.15, 0.2) is 22.7 Å². The van der Waals surface area contributed by atoms with Crippen molar-refractivity contribution in [3.63, 3.8) is 0 Å². The van der Waals surface area contributed by atoms with E-state index in [9.17, 15) is 4.79 Å². The van der Waals surface area contributed by atoms with Gasteiger partial charge in [0.25, 0.3) is 0 Å². The Morgan fingerprint density at radius 1 is 1.22 bits per heavy atom. The van der Waals surface area contributed by atoms with Gasteiger partial charge in [0.15, 0.2) is 0 Å². The second-order valence-corrected chi connectivity index (χ2v) is 6.31. The maximum atomic E-state index is 11.0. The highest BCUT2D eigenvalue weighted by Crippen LogP contribution is 2.54. The summed E-state index contributed by atoms with van der Waals surface area (Å²) in [6.07, 6.45) is 5.27. The lowest BCUT2D eigenvalue weighted by Crippen LogP contribution is -2.34. The van der Waals surface area contributed by atoms with Crippen LogP contribution in [0.3, 0.4) is 0 Å². The van der Waals surface area contributed by atoms with Crippen molar-refractivity contribution < 1.29 is 9.90 Å². The van der Waals surface area contributed by atoms with Crippen molar-refractivity contribution in [2.75, 3.05) is 18.0 Å². The van der Waals surface area contributed by atoms with E-state index in [1.54, 1.807) is 12.1 Å². The van der Waals surface area contributed by atoms with Crippen LogP contribution < -0.4 is 4.90 Å². The summed E-state index contributed by atoms with van der Waals surface area (Å²) >= 11 is 3.52. The number of rotatable bonds is 2. The van der Waals surface area contributed by atoms with Gasteiger partial charge >= 0.3 is 5.97 Å². The van der Waals surface area contributed by atoms with Gasteiger partial charge in [-0.3, -0.25) is 0 Å². The third kappa shape index (κ3) is 2.14. The number of aromatic carboxylic acids is 1. The van der Waals surface area contributed by atoms with E-state index in [0.29, 0.717) is 11.0 Å². The number of anilines is 1. The molecule has 0 atom stereocenters. The summed E-state index contributed by atoms with van der Waals surface area (Å²) in [7, 11) is 0. The second-order valence-electron chi connectivity index (χ2n) is 5.46. The van der Waals surface area contributed by atoms with Crippen LogP contribution in [0.25, 0.3) is 0 Å². The van der Waals surface area contributed by atoms with Crippen molar-refractivity contribution in [1.82, 2.24) is 0 Å². The Morgan fingerprint density at radius 2 is 1.89 bits per heavy atom. The van der Waals surface area contributed by atoms with Gasteiger partial charge in [-0.1, -0.05) is 0 Å². The van der Waals surface area contributed by atoms with Crippen LogP contribution in [0.5, 0.6) is 0 Å². The number of piperidine rings is 1. The summed E-state index contributed by atoms with van der Waals surface area (Å²) in [6.45, 7) is 2.09. The number of carboxylic acids is 1. The van der Waals surface area contributed by atoms with Crippen LogP contribution in [0.4, 0.5) is 5.69 Å². The number of carboxylic acid groups (broad SMARTS) is 1. The van der Waals surface area contributed by atoms with Crippen LogP contribution in [0, 0.1) is 5.41 Å². The summed E-state index contributed by atoms with van der Waals surface area (Å²) < 4.78 is 0.985. The Bertz CT molecular complexity index is 487. The highest BCUT2D eigenvalue weighted by Gasteiger charge is 2.44. The van der Waals surface area contributed by atoms with E-state index in [4.69, 9.17) is 5.11 Å². The molecule has 0 amide bonds. The molecular formula is C14H16BrNO2. The van der Waals surface area contributed by atoms with Crippen LogP contribution >= 0.6 is 15.9 Å². The first-order valence-electron chi connectivity index (χ1n) is 6.38. The monoisotopic (exact) mass is 309 g/mol. The summed E-state index contributed by atoms with van der Waals surface area (Å²) in [5, 5.41) is 9.06. The molecule has 2 aliphatic rings. The third-order valence-corrected chi connectivity index (χ3v) is 4.99. The molecule has 1 aromatic carbocycles. The molecule has 1 N–H and O–H groups in total. The zero-order chi connectivity index (χ0) is 12.8. The minimum absolute atomic E-state index is 0.361. The Hall–Kier alpha value is -1.03. The topological polar surface area (TPSA) is 40.5 Å². The smallest absolute Gasteiger partial charge is 0.335 e. The molecule has 1 aromatic rings. The van der Waals surface area contributed by atoms with Gasteiger partial charge < -0.3 is 10.0 Å². The zero-order valence-electron chi connectivity index (χ0n) is 10.2. The average Bonchev–Trinajstić information content (AvgIpc) is 3.11. The number of carbonyl (C=O) groups is 1. The number of halogens is 1. The van der Waals surface area contributed by atoms with E-state index < -0.39 is 5.97 Å². The predicted molar refractivity (Wildman–Crippen MR) is 74.2 cm³/mol. The number of hydrogen-bond acceptors (Lipinski definition) is 2. The molecule has 0 aromatic heterocycles. The number of nitrogens with zero attached hydrogens (tertiary/aromatic N) is 1. The van der Waals surface area contributed by atoms with E-state index in [0.717, 1.165) is 23.2 Å². The fourth-order valence-corrected chi connectivity index (χ4v) is 3.28. The molecular weight excluding hydrogens is 294 g/mol. The molecule has 1 aliphatic carbocycles. The minimum Gasteiger partial charge on any atom is -0.478 e. The maximum Gasteiger partial charge on any atom is 0.335 e. The summed E-state index contributed by atoms with van der Waals surface area (Å²) in [5.41, 5.74) is 2.03. The quantitative estimate of drug-likeness (QED) is 0.908. The Kier molecular flexibility index (Phi) is 2.85. The highest BCUT2D eigenvalue weighted by atomic mass is 79.9. The molecule has 1 aliphatic heterocycles. The summed E-state index contributed by atoms with van der Waals surface area (Å²) in [5.74, 6) is -0.862. The molecule has 1 spiro atoms. The van der Waals surface area contributed by atoms with E-state index in [-0.39, 0.29) is 0 Å². The molecule has 1 heterocycles. The van der Waals surface area contributed by atoms with E-state index in [2.05, 4.69) is 20.8 Å². The van der Waals surface area contributed by atoms with Crippen LogP contribution in [-0.2, 0) is 0 Å². The molecule has 1 saturated carbocycles. The van der Waals surface area contributed by atoms with Gasteiger partial charge in [0.05, 0.1) is 11.3 Å². The normalized spacial score (nSPS) is 21.1. The van der Waals surface area contributed by atoms with Crippen molar-refractivity contribution in [2.45, 2.75) is 25.7 Å². The van der Waals surface area contributed by atoms with Gasteiger partial charge in [-0.2, -0.15) is 0 Å². The van der Waals surface area contributed by atoms with Gasteiger partial charge in [0.2, 0.25) is 0 Å². The molecule has 4 heteroatoms. The van der Waals surface area contributed by atoms with Gasteiger partial charge in [0, 0.05) is 17.6 Å². The molecule has 0 radical (unpaired) electrons. The van der Waals surface area contributed by atoms with E-state index in [1.807, 2.05) is 6.07 Å². The first-order valence-corrected chi connectivity index (χ1v) is 7.17. The largest absolute Gasteiger partial charge is 0.478 e. The van der Waals surface area contributed by atoms with Gasteiger partial charge in [0.1, 0.15) is 0 Å². The minimum atomic E-state index is -0.862. The third-order valence-electron chi connectivity index (χ3n) is 4.31. The van der Waals surface area contributed by atoms with E-state index >= 15 is 0 Å². The SMILES string of the molecule is O=C(O)c1ccc(Br)c(N2CCC3(CC2)CC3)c1. The summed E-state index contributed by atoms with van der Waals surface area (Å²) in [6, 6.07) is 5.25. The van der Waals surface area contributed by atoms with Crippen LogP contribution in [0.2, 0.25) is 0 Å². The van der Waals surface area contributed by atoms with Crippen LogP contribution in [0.1, 0.15) is 36.0 Å². The van der Waals surface area contributed by atoms with Gasteiger partial charge in [-0.25, -0.2) is 4.79 Å². The Balaban J connectivity index is 1.82. The predicted octanol–water partition coefficient (Wildman–Crippen LogP) is 3.53. The Morgan fingerprint density at radius 3 is 2.44 bits per heavy atom. The maximum absolute atomic E-state index is 11.0. The van der Waals surface area contributed by atoms with Gasteiger partial charge in [-0.05, 0) is 65.2 Å². The van der Waals surface area contributed by atoms with Crippen molar-refractivity contribution in [3.8, 4) is 0 Å². The van der Waals surface area contributed by atoms with Crippen molar-refractivity contribution >= 4 is 27.6 Å². The van der Waals surface area contributed by atoms with Crippen molar-refractivity contribution in [1.29, 1.82) is 0 Å². The molecule has 0 bridgehead atoms. The zero-order valence-corrected chi connectivity index (χ0v) is 11.7. The van der Waals surface area contributed by atoms with Gasteiger partial charge in [-0.15, -0.1) is 0 Å².